The van der Waals surface area contributed by atoms with Crippen LogP contribution in [0.4, 0.5) is 5.69 Å². The number of hydrogen-bond donors (Lipinski definition) is 1. The van der Waals surface area contributed by atoms with Gasteiger partial charge in [-0.2, -0.15) is 0 Å². The van der Waals surface area contributed by atoms with Gasteiger partial charge in [0.1, 0.15) is 5.75 Å². The molecule has 0 spiro atoms. The predicted octanol–water partition coefficient (Wildman–Crippen LogP) is 2.50. The lowest BCUT2D eigenvalue weighted by atomic mass is 10.1. The minimum atomic E-state index is -3.56. The molecule has 0 radical (unpaired) electrons. The number of nitrogens with one attached hydrogen (secondary N) is 1. The van der Waals surface area contributed by atoms with Crippen LogP contribution in [0.3, 0.4) is 0 Å². The number of para-hydroxylation sites is 2. The molecule has 0 fully saturated rings. The molecule has 9 heteroatoms. The zero-order valence-electron chi connectivity index (χ0n) is 17.4. The van der Waals surface area contributed by atoms with E-state index in [0.29, 0.717) is 22.9 Å². The molecule has 30 heavy (non-hydrogen) atoms. The lowest BCUT2D eigenvalue weighted by Gasteiger charge is -2.35. The fourth-order valence-electron chi connectivity index (χ4n) is 3.27. The van der Waals surface area contributed by atoms with Gasteiger partial charge in [-0.05, 0) is 43.7 Å². The van der Waals surface area contributed by atoms with Crippen LogP contribution < -0.4 is 23.8 Å². The van der Waals surface area contributed by atoms with Crippen molar-refractivity contribution >= 4 is 21.6 Å². The third-order valence-corrected chi connectivity index (χ3v) is 6.74. The Morgan fingerprint density at radius 2 is 1.90 bits per heavy atom. The quantitative estimate of drug-likeness (QED) is 0.720. The summed E-state index contributed by atoms with van der Waals surface area (Å²) in [5.74, 6) is 1.03. The molecular formula is C21H26N2O6S. The van der Waals surface area contributed by atoms with Gasteiger partial charge in [0.2, 0.25) is 10.0 Å². The number of benzene rings is 2. The van der Waals surface area contributed by atoms with Crippen LogP contribution in [0.1, 0.15) is 25.5 Å². The number of carbonyl (C=O) groups is 1. The summed E-state index contributed by atoms with van der Waals surface area (Å²) in [5.41, 5.74) is 1.26. The van der Waals surface area contributed by atoms with Gasteiger partial charge in [-0.15, -0.1) is 0 Å². The summed E-state index contributed by atoms with van der Waals surface area (Å²) in [6, 6.07) is 11.8. The molecular weight excluding hydrogens is 408 g/mol. The molecule has 1 aliphatic rings. The van der Waals surface area contributed by atoms with E-state index in [2.05, 4.69) is 5.32 Å². The van der Waals surface area contributed by atoms with Crippen LogP contribution in [0.25, 0.3) is 0 Å². The number of anilines is 1. The molecule has 8 nitrogen and oxygen atoms in total. The molecule has 0 saturated carbocycles. The van der Waals surface area contributed by atoms with Crippen molar-refractivity contribution < 1.29 is 27.4 Å². The first-order valence-corrected chi connectivity index (χ1v) is 11.2. The third kappa shape index (κ3) is 4.30. The first kappa shape index (κ1) is 21.8. The van der Waals surface area contributed by atoms with E-state index in [0.717, 1.165) is 5.56 Å². The summed E-state index contributed by atoms with van der Waals surface area (Å²) in [7, 11) is -0.460. The summed E-state index contributed by atoms with van der Waals surface area (Å²) < 4.78 is 42.8. The maximum absolute atomic E-state index is 12.9. The van der Waals surface area contributed by atoms with Gasteiger partial charge in [0, 0.05) is 0 Å². The topological polar surface area (TPSA) is 94.2 Å². The van der Waals surface area contributed by atoms with Crippen LogP contribution in [0.5, 0.6) is 17.2 Å². The van der Waals surface area contributed by atoms with E-state index in [9.17, 15) is 13.2 Å². The van der Waals surface area contributed by atoms with E-state index < -0.39 is 22.0 Å². The molecule has 0 aromatic heterocycles. The standard InChI is InChI=1S/C21H26N2O6S/c1-5-30(25,26)23-13-20(29-17-9-7-6-8-16(17)23)21(24)22-14(2)15-10-11-18(27-3)19(12-15)28-4/h6-12,14,20H,5,13H2,1-4H3,(H,22,24)/t14-,20-/m0/s1. The number of amides is 1. The fraction of sp³-hybridized carbons (Fsp3) is 0.381. The minimum Gasteiger partial charge on any atom is -0.493 e. The SMILES string of the molecule is CCS(=O)(=O)N1C[C@@H](C(=O)N[C@@H](C)c2ccc(OC)c(OC)c2)Oc2ccccc21. The first-order valence-electron chi connectivity index (χ1n) is 9.59. The lowest BCUT2D eigenvalue weighted by molar-refractivity contribution is -0.128. The molecule has 2 atom stereocenters. The number of nitrogens with zero attached hydrogens (tertiary/aromatic N) is 1. The summed E-state index contributed by atoms with van der Waals surface area (Å²) in [6.45, 7) is 3.32. The molecule has 1 heterocycles. The van der Waals surface area contributed by atoms with Crippen LogP contribution in [-0.4, -0.2) is 46.9 Å². The van der Waals surface area contributed by atoms with E-state index in [1.54, 1.807) is 57.5 Å². The molecule has 3 rings (SSSR count). The number of carbonyl (C=O) groups excluding carboxylic acids is 1. The Bertz CT molecular complexity index is 1020. The molecule has 0 unspecified atom stereocenters. The van der Waals surface area contributed by atoms with Crippen molar-refractivity contribution in [2.75, 3.05) is 30.8 Å². The molecule has 0 bridgehead atoms. The monoisotopic (exact) mass is 434 g/mol. The first-order chi connectivity index (χ1) is 14.3. The summed E-state index contributed by atoms with van der Waals surface area (Å²) in [5, 5.41) is 2.89. The predicted molar refractivity (Wildman–Crippen MR) is 114 cm³/mol. The molecule has 2 aromatic carbocycles. The second-order valence-corrected chi connectivity index (χ2v) is 9.03. The highest BCUT2D eigenvalue weighted by Gasteiger charge is 2.36. The van der Waals surface area contributed by atoms with Crippen LogP contribution in [0.15, 0.2) is 42.5 Å². The Morgan fingerprint density at radius 3 is 2.57 bits per heavy atom. The molecule has 1 N–H and O–H groups in total. The van der Waals surface area contributed by atoms with Crippen molar-refractivity contribution in [3.63, 3.8) is 0 Å². The van der Waals surface area contributed by atoms with Crippen LogP contribution in [0, 0.1) is 0 Å². The summed E-state index contributed by atoms with van der Waals surface area (Å²) >= 11 is 0. The van der Waals surface area contributed by atoms with Crippen molar-refractivity contribution in [2.24, 2.45) is 0 Å². The Morgan fingerprint density at radius 1 is 1.20 bits per heavy atom. The van der Waals surface area contributed by atoms with Crippen molar-refractivity contribution in [2.45, 2.75) is 26.0 Å². The van der Waals surface area contributed by atoms with Gasteiger partial charge >= 0.3 is 0 Å². The number of hydrogen-bond acceptors (Lipinski definition) is 6. The molecule has 1 amide bonds. The van der Waals surface area contributed by atoms with Gasteiger partial charge in [0.05, 0.1) is 38.2 Å². The average molecular weight is 435 g/mol. The minimum absolute atomic E-state index is 0.0717. The highest BCUT2D eigenvalue weighted by atomic mass is 32.2. The fourth-order valence-corrected chi connectivity index (χ4v) is 4.39. The molecule has 1 aliphatic heterocycles. The van der Waals surface area contributed by atoms with Gasteiger partial charge in [0.25, 0.3) is 5.91 Å². The van der Waals surface area contributed by atoms with Crippen LogP contribution in [-0.2, 0) is 14.8 Å². The number of sulfonamides is 1. The second-order valence-electron chi connectivity index (χ2n) is 6.85. The van der Waals surface area contributed by atoms with Crippen LogP contribution >= 0.6 is 0 Å². The maximum atomic E-state index is 12.9. The van der Waals surface area contributed by atoms with Crippen molar-refractivity contribution in [1.29, 1.82) is 0 Å². The highest BCUT2D eigenvalue weighted by molar-refractivity contribution is 7.92. The smallest absolute Gasteiger partial charge is 0.263 e. The van der Waals surface area contributed by atoms with Crippen molar-refractivity contribution in [3.8, 4) is 17.2 Å². The Balaban J connectivity index is 1.80. The number of methoxy groups -OCH3 is 2. The van der Waals surface area contributed by atoms with E-state index in [1.807, 2.05) is 13.0 Å². The van der Waals surface area contributed by atoms with E-state index in [4.69, 9.17) is 14.2 Å². The Hall–Kier alpha value is -2.94. The van der Waals surface area contributed by atoms with Crippen LogP contribution in [0.2, 0.25) is 0 Å². The molecule has 2 aromatic rings. The van der Waals surface area contributed by atoms with Crippen molar-refractivity contribution in [3.05, 3.63) is 48.0 Å². The third-order valence-electron chi connectivity index (χ3n) is 4.99. The maximum Gasteiger partial charge on any atom is 0.263 e. The second kappa shape index (κ2) is 8.83. The Labute approximate surface area is 176 Å². The van der Waals surface area contributed by atoms with Gasteiger partial charge in [-0.3, -0.25) is 9.10 Å². The number of rotatable bonds is 7. The molecule has 0 aliphatic carbocycles. The largest absolute Gasteiger partial charge is 0.493 e. The molecule has 0 saturated heterocycles. The van der Waals surface area contributed by atoms with Gasteiger partial charge < -0.3 is 19.5 Å². The van der Waals surface area contributed by atoms with E-state index >= 15 is 0 Å². The number of fused-ring (bicyclic) bond motifs is 1. The molecule has 162 valence electrons. The van der Waals surface area contributed by atoms with Gasteiger partial charge in [0.15, 0.2) is 17.6 Å². The summed E-state index contributed by atoms with van der Waals surface area (Å²) in [6.07, 6.45) is -0.969. The van der Waals surface area contributed by atoms with E-state index in [-0.39, 0.29) is 18.3 Å². The Kier molecular flexibility index (Phi) is 6.40. The highest BCUT2D eigenvalue weighted by Crippen LogP contribution is 2.35. The normalized spacial score (nSPS) is 16.8. The average Bonchev–Trinajstić information content (AvgIpc) is 2.77. The van der Waals surface area contributed by atoms with E-state index in [1.165, 1.54) is 4.31 Å². The zero-order chi connectivity index (χ0) is 21.9. The van der Waals surface area contributed by atoms with Gasteiger partial charge in [-0.1, -0.05) is 18.2 Å². The van der Waals surface area contributed by atoms with Crippen molar-refractivity contribution in [1.82, 2.24) is 5.32 Å². The van der Waals surface area contributed by atoms with Gasteiger partial charge in [-0.25, -0.2) is 8.42 Å². The lowest BCUT2D eigenvalue weighted by Crippen LogP contribution is -2.51. The number of ether oxygens (including phenoxy) is 3. The summed E-state index contributed by atoms with van der Waals surface area (Å²) in [4.78, 5) is 12.9. The zero-order valence-corrected chi connectivity index (χ0v) is 18.2.